The molecule has 0 aliphatic carbocycles. The second-order valence-corrected chi connectivity index (χ2v) is 4.25. The summed E-state index contributed by atoms with van der Waals surface area (Å²) >= 11 is 0. The van der Waals surface area contributed by atoms with Crippen molar-refractivity contribution < 1.29 is 18.3 Å². The molecule has 3 nitrogen and oxygen atoms in total. The van der Waals surface area contributed by atoms with Crippen molar-refractivity contribution >= 4 is 0 Å². The van der Waals surface area contributed by atoms with E-state index in [1.54, 1.807) is 25.3 Å². The van der Waals surface area contributed by atoms with Crippen LogP contribution in [0.25, 0.3) is 0 Å². The van der Waals surface area contributed by atoms with Gasteiger partial charge in [-0.3, -0.25) is 0 Å². The average molecular weight is 273 g/mol. The molecular weight excluding hydrogens is 252 g/mol. The van der Waals surface area contributed by atoms with Crippen molar-refractivity contribution in [3.05, 3.63) is 23.8 Å². The van der Waals surface area contributed by atoms with Crippen molar-refractivity contribution in [1.82, 2.24) is 5.32 Å². The number of nitrogens with one attached hydrogen (secondary N) is 1. The molecule has 0 fully saturated rings. The molecule has 1 rings (SSSR count). The zero-order valence-electron chi connectivity index (χ0n) is 11.6. The van der Waals surface area contributed by atoms with Gasteiger partial charge in [0.2, 0.25) is 0 Å². The number of benzene rings is 1. The zero-order valence-corrected chi connectivity index (χ0v) is 11.6. The van der Waals surface area contributed by atoms with Gasteiger partial charge in [-0.05, 0) is 32.0 Å². The Hall–Kier alpha value is -1.36. The van der Waals surface area contributed by atoms with Gasteiger partial charge < -0.3 is 14.8 Å². The topological polar surface area (TPSA) is 30.5 Å². The van der Waals surface area contributed by atoms with Crippen LogP contribution in [0.2, 0.25) is 0 Å². The fourth-order valence-electron chi connectivity index (χ4n) is 1.87. The molecule has 0 spiro atoms. The minimum atomic E-state index is -2.49. The number of hydrogen-bond acceptors (Lipinski definition) is 3. The quantitative estimate of drug-likeness (QED) is 0.787. The van der Waals surface area contributed by atoms with E-state index in [1.165, 1.54) is 0 Å². The Kier molecular flexibility index (Phi) is 6.56. The molecule has 5 heteroatoms. The molecule has 19 heavy (non-hydrogen) atoms. The van der Waals surface area contributed by atoms with Crippen LogP contribution in [0.3, 0.4) is 0 Å². The predicted molar refractivity (Wildman–Crippen MR) is 71.2 cm³/mol. The van der Waals surface area contributed by atoms with Gasteiger partial charge in [0.25, 0.3) is 6.43 Å². The lowest BCUT2D eigenvalue weighted by Crippen LogP contribution is -2.21. The largest absolute Gasteiger partial charge is 0.496 e. The van der Waals surface area contributed by atoms with E-state index >= 15 is 0 Å². The Bertz CT molecular complexity index is 386. The molecule has 108 valence electrons. The third-order valence-electron chi connectivity index (χ3n) is 2.74. The molecule has 0 heterocycles. The highest BCUT2D eigenvalue weighted by molar-refractivity contribution is 5.46. The van der Waals surface area contributed by atoms with Crippen LogP contribution in [0.1, 0.15) is 31.9 Å². The first-order valence-electron chi connectivity index (χ1n) is 6.41. The van der Waals surface area contributed by atoms with Crippen LogP contribution in [-0.2, 0) is 0 Å². The number of alkyl halides is 2. The molecule has 0 aromatic heterocycles. The monoisotopic (exact) mass is 273 g/mol. The predicted octanol–water partition coefficient (Wildman–Crippen LogP) is 3.40. The second kappa shape index (κ2) is 7.94. The summed E-state index contributed by atoms with van der Waals surface area (Å²) in [5.74, 6) is 1.08. The van der Waals surface area contributed by atoms with Crippen molar-refractivity contribution in [2.24, 2.45) is 0 Å². The van der Waals surface area contributed by atoms with Crippen LogP contribution < -0.4 is 14.8 Å². The number of halogens is 2. The van der Waals surface area contributed by atoms with E-state index in [9.17, 15) is 8.78 Å². The molecule has 0 radical (unpaired) electrons. The van der Waals surface area contributed by atoms with Crippen LogP contribution in [0.4, 0.5) is 8.78 Å². The molecule has 0 aliphatic rings. The number of rotatable bonds is 8. The summed E-state index contributed by atoms with van der Waals surface area (Å²) in [5.41, 5.74) is 0.777. The van der Waals surface area contributed by atoms with Crippen LogP contribution in [0.5, 0.6) is 11.5 Å². The highest BCUT2D eigenvalue weighted by atomic mass is 19.3. The van der Waals surface area contributed by atoms with Gasteiger partial charge in [-0.1, -0.05) is 13.0 Å². The summed E-state index contributed by atoms with van der Waals surface area (Å²) < 4.78 is 35.0. The Morgan fingerprint density at radius 1 is 1.26 bits per heavy atom. The Morgan fingerprint density at radius 2 is 1.95 bits per heavy atom. The lowest BCUT2D eigenvalue weighted by atomic mass is 10.1. The normalized spacial score (nSPS) is 12.5. The third-order valence-corrected chi connectivity index (χ3v) is 2.74. The highest BCUT2D eigenvalue weighted by Crippen LogP contribution is 2.34. The van der Waals surface area contributed by atoms with Gasteiger partial charge in [0, 0.05) is 6.04 Å². The zero-order chi connectivity index (χ0) is 14.3. The Labute approximate surface area is 112 Å². The van der Waals surface area contributed by atoms with Crippen LogP contribution in [-0.4, -0.2) is 26.7 Å². The van der Waals surface area contributed by atoms with Crippen LogP contribution in [0.15, 0.2) is 18.2 Å². The van der Waals surface area contributed by atoms with Crippen LogP contribution in [0, 0.1) is 0 Å². The van der Waals surface area contributed by atoms with Gasteiger partial charge in [0.05, 0.1) is 12.7 Å². The van der Waals surface area contributed by atoms with Crippen molar-refractivity contribution in [3.8, 4) is 11.5 Å². The van der Waals surface area contributed by atoms with E-state index in [-0.39, 0.29) is 6.04 Å². The fraction of sp³-hybridized carbons (Fsp3) is 0.571. The number of ether oxygens (including phenoxy) is 2. The molecule has 1 atom stereocenters. The van der Waals surface area contributed by atoms with E-state index in [0.29, 0.717) is 11.5 Å². The maximum absolute atomic E-state index is 12.3. The maximum atomic E-state index is 12.3. The molecular formula is C14H21F2NO2. The number of methoxy groups -OCH3 is 1. The highest BCUT2D eigenvalue weighted by Gasteiger charge is 2.17. The molecule has 0 saturated carbocycles. The van der Waals surface area contributed by atoms with Crippen LogP contribution >= 0.6 is 0 Å². The Morgan fingerprint density at radius 3 is 2.53 bits per heavy atom. The number of hydrogen-bond donors (Lipinski definition) is 1. The lowest BCUT2D eigenvalue weighted by Gasteiger charge is -2.20. The molecule has 0 aliphatic heterocycles. The average Bonchev–Trinajstić information content (AvgIpc) is 2.41. The van der Waals surface area contributed by atoms with Gasteiger partial charge >= 0.3 is 0 Å². The fourth-order valence-corrected chi connectivity index (χ4v) is 1.87. The molecule has 1 unspecified atom stereocenters. The minimum Gasteiger partial charge on any atom is -0.496 e. The van der Waals surface area contributed by atoms with E-state index in [4.69, 9.17) is 9.47 Å². The van der Waals surface area contributed by atoms with Crippen molar-refractivity contribution in [3.63, 3.8) is 0 Å². The van der Waals surface area contributed by atoms with Crippen molar-refractivity contribution in [1.29, 1.82) is 0 Å². The van der Waals surface area contributed by atoms with Crippen molar-refractivity contribution in [2.45, 2.75) is 32.7 Å². The summed E-state index contributed by atoms with van der Waals surface area (Å²) in [6.07, 6.45) is -1.50. The van der Waals surface area contributed by atoms with E-state index < -0.39 is 13.0 Å². The molecule has 1 aromatic carbocycles. The molecule has 0 saturated heterocycles. The Balaban J connectivity index is 2.94. The van der Waals surface area contributed by atoms with E-state index in [1.807, 2.05) is 6.92 Å². The van der Waals surface area contributed by atoms with Gasteiger partial charge in [-0.25, -0.2) is 8.78 Å². The van der Waals surface area contributed by atoms with E-state index in [2.05, 4.69) is 12.2 Å². The minimum absolute atomic E-state index is 0.0243. The maximum Gasteiger partial charge on any atom is 0.272 e. The first kappa shape index (κ1) is 15.7. The van der Waals surface area contributed by atoms with Gasteiger partial charge in [0.1, 0.15) is 18.1 Å². The summed E-state index contributed by atoms with van der Waals surface area (Å²) in [4.78, 5) is 0. The molecule has 0 bridgehead atoms. The van der Waals surface area contributed by atoms with Gasteiger partial charge in [0.15, 0.2) is 0 Å². The van der Waals surface area contributed by atoms with Crippen molar-refractivity contribution in [2.75, 3.05) is 20.3 Å². The summed E-state index contributed by atoms with van der Waals surface area (Å²) in [7, 11) is 1.56. The SMILES string of the molecule is CCCNC(C)c1c(OC)cccc1OCC(F)F. The smallest absolute Gasteiger partial charge is 0.272 e. The molecule has 1 N–H and O–H groups in total. The molecule has 1 aromatic rings. The molecule has 0 amide bonds. The lowest BCUT2D eigenvalue weighted by molar-refractivity contribution is 0.0809. The van der Waals surface area contributed by atoms with Gasteiger partial charge in [-0.2, -0.15) is 0 Å². The standard InChI is InChI=1S/C14H21F2NO2/c1-4-8-17-10(2)14-11(18-3)6-5-7-12(14)19-9-13(15)16/h5-7,10,13,17H,4,8-9H2,1-3H3. The van der Waals surface area contributed by atoms with Gasteiger partial charge in [-0.15, -0.1) is 0 Å². The summed E-state index contributed by atoms with van der Waals surface area (Å²) in [6, 6.07) is 5.19. The first-order valence-corrected chi connectivity index (χ1v) is 6.41. The summed E-state index contributed by atoms with van der Waals surface area (Å²) in [5, 5.41) is 3.30. The third kappa shape index (κ3) is 4.67. The van der Waals surface area contributed by atoms with E-state index in [0.717, 1.165) is 18.5 Å². The first-order chi connectivity index (χ1) is 9.10. The second-order valence-electron chi connectivity index (χ2n) is 4.25. The summed E-state index contributed by atoms with van der Waals surface area (Å²) in [6.45, 7) is 4.26.